The average molecular weight is 340 g/mol. The van der Waals surface area contributed by atoms with Crippen LogP contribution in [0.15, 0.2) is 35.7 Å². The molecule has 6 nitrogen and oxygen atoms in total. The van der Waals surface area contributed by atoms with Gasteiger partial charge in [0.05, 0.1) is 4.90 Å². The van der Waals surface area contributed by atoms with E-state index in [2.05, 4.69) is 11.9 Å². The van der Waals surface area contributed by atoms with Crippen LogP contribution in [0.1, 0.15) is 19.4 Å². The summed E-state index contributed by atoms with van der Waals surface area (Å²) in [6.07, 6.45) is 1.58. The SMILES string of the molecule is C=CCNC(=O)COc1ccc(S(=O)(=O)N(CC)CC)cc1C. The van der Waals surface area contributed by atoms with E-state index in [-0.39, 0.29) is 17.4 Å². The lowest BCUT2D eigenvalue weighted by atomic mass is 10.2. The third kappa shape index (κ3) is 5.07. The molecule has 0 aliphatic rings. The van der Waals surface area contributed by atoms with Gasteiger partial charge in [-0.2, -0.15) is 4.31 Å². The molecule has 0 radical (unpaired) electrons. The predicted molar refractivity (Wildman–Crippen MR) is 90.0 cm³/mol. The Kier molecular flexibility index (Phi) is 7.25. The van der Waals surface area contributed by atoms with Crippen molar-refractivity contribution in [2.75, 3.05) is 26.2 Å². The minimum atomic E-state index is -3.50. The molecule has 0 saturated heterocycles. The topological polar surface area (TPSA) is 75.7 Å². The molecular formula is C16H24N2O4S. The number of ether oxygens (including phenoxy) is 1. The van der Waals surface area contributed by atoms with E-state index in [1.54, 1.807) is 39.0 Å². The van der Waals surface area contributed by atoms with Crippen molar-refractivity contribution in [3.8, 4) is 5.75 Å². The highest BCUT2D eigenvalue weighted by atomic mass is 32.2. The van der Waals surface area contributed by atoms with Gasteiger partial charge in [-0.15, -0.1) is 6.58 Å². The number of benzene rings is 1. The number of carbonyl (C=O) groups is 1. The van der Waals surface area contributed by atoms with E-state index >= 15 is 0 Å². The first-order valence-corrected chi connectivity index (χ1v) is 8.92. The van der Waals surface area contributed by atoms with Gasteiger partial charge in [0.15, 0.2) is 6.61 Å². The highest BCUT2D eigenvalue weighted by molar-refractivity contribution is 7.89. The fourth-order valence-electron chi connectivity index (χ4n) is 2.04. The van der Waals surface area contributed by atoms with E-state index in [1.165, 1.54) is 10.4 Å². The monoisotopic (exact) mass is 340 g/mol. The Hall–Kier alpha value is -1.86. The van der Waals surface area contributed by atoms with Gasteiger partial charge in [0.25, 0.3) is 5.91 Å². The van der Waals surface area contributed by atoms with Crippen LogP contribution >= 0.6 is 0 Å². The van der Waals surface area contributed by atoms with Crippen molar-refractivity contribution in [2.45, 2.75) is 25.7 Å². The number of amides is 1. The quantitative estimate of drug-likeness (QED) is 0.694. The highest BCUT2D eigenvalue weighted by Gasteiger charge is 2.22. The Morgan fingerprint density at radius 2 is 2.00 bits per heavy atom. The number of rotatable bonds is 9. The van der Waals surface area contributed by atoms with E-state index < -0.39 is 10.0 Å². The van der Waals surface area contributed by atoms with Gasteiger partial charge in [-0.05, 0) is 30.7 Å². The molecule has 7 heteroatoms. The normalized spacial score (nSPS) is 11.3. The number of hydrogen-bond donors (Lipinski definition) is 1. The summed E-state index contributed by atoms with van der Waals surface area (Å²) in [5, 5.41) is 2.60. The van der Waals surface area contributed by atoms with E-state index in [1.807, 2.05) is 0 Å². The van der Waals surface area contributed by atoms with Crippen LogP contribution in [0.3, 0.4) is 0 Å². The van der Waals surface area contributed by atoms with Gasteiger partial charge in [0.2, 0.25) is 10.0 Å². The van der Waals surface area contributed by atoms with E-state index in [0.717, 1.165) is 0 Å². The maximum atomic E-state index is 12.5. The van der Waals surface area contributed by atoms with E-state index in [4.69, 9.17) is 4.74 Å². The zero-order chi connectivity index (χ0) is 17.5. The fourth-order valence-corrected chi connectivity index (χ4v) is 3.58. The molecule has 1 rings (SSSR count). The van der Waals surface area contributed by atoms with Crippen molar-refractivity contribution >= 4 is 15.9 Å². The van der Waals surface area contributed by atoms with Gasteiger partial charge < -0.3 is 10.1 Å². The smallest absolute Gasteiger partial charge is 0.258 e. The average Bonchev–Trinajstić information content (AvgIpc) is 2.52. The summed E-state index contributed by atoms with van der Waals surface area (Å²) in [7, 11) is -3.50. The van der Waals surface area contributed by atoms with Crippen LogP contribution in [-0.4, -0.2) is 44.9 Å². The minimum absolute atomic E-state index is 0.128. The van der Waals surface area contributed by atoms with Crippen molar-refractivity contribution in [3.63, 3.8) is 0 Å². The van der Waals surface area contributed by atoms with Crippen LogP contribution in [0, 0.1) is 6.92 Å². The third-order valence-electron chi connectivity index (χ3n) is 3.29. The summed E-state index contributed by atoms with van der Waals surface area (Å²) in [6, 6.07) is 4.63. The van der Waals surface area contributed by atoms with Gasteiger partial charge in [-0.3, -0.25) is 4.79 Å². The van der Waals surface area contributed by atoms with Crippen molar-refractivity contribution in [2.24, 2.45) is 0 Å². The number of carbonyl (C=O) groups excluding carboxylic acids is 1. The van der Waals surface area contributed by atoms with Crippen molar-refractivity contribution in [1.82, 2.24) is 9.62 Å². The van der Waals surface area contributed by atoms with Crippen molar-refractivity contribution < 1.29 is 17.9 Å². The van der Waals surface area contributed by atoms with Crippen LogP contribution in [0.2, 0.25) is 0 Å². The van der Waals surface area contributed by atoms with Gasteiger partial charge in [-0.1, -0.05) is 19.9 Å². The van der Waals surface area contributed by atoms with Gasteiger partial charge in [-0.25, -0.2) is 8.42 Å². The van der Waals surface area contributed by atoms with Gasteiger partial charge in [0, 0.05) is 19.6 Å². The molecule has 0 spiro atoms. The van der Waals surface area contributed by atoms with E-state index in [0.29, 0.717) is 30.9 Å². The second-order valence-electron chi connectivity index (χ2n) is 4.90. The first-order chi connectivity index (χ1) is 10.9. The zero-order valence-corrected chi connectivity index (χ0v) is 14.6. The lowest BCUT2D eigenvalue weighted by molar-refractivity contribution is -0.122. The molecule has 1 N–H and O–H groups in total. The predicted octanol–water partition coefficient (Wildman–Crippen LogP) is 1.71. The van der Waals surface area contributed by atoms with Gasteiger partial charge in [0.1, 0.15) is 5.75 Å². The summed E-state index contributed by atoms with van der Waals surface area (Å²) in [4.78, 5) is 11.7. The number of hydrogen-bond acceptors (Lipinski definition) is 4. The van der Waals surface area contributed by atoms with Crippen LogP contribution in [-0.2, 0) is 14.8 Å². The number of nitrogens with zero attached hydrogens (tertiary/aromatic N) is 1. The summed E-state index contributed by atoms with van der Waals surface area (Å²) in [5.74, 6) is 0.224. The molecule has 0 aliphatic heterocycles. The Labute approximate surface area is 138 Å². The number of aryl methyl sites for hydroxylation is 1. The van der Waals surface area contributed by atoms with Crippen LogP contribution in [0.25, 0.3) is 0 Å². The summed E-state index contributed by atoms with van der Waals surface area (Å²) in [6.45, 7) is 9.94. The lowest BCUT2D eigenvalue weighted by Crippen LogP contribution is -2.30. The standard InChI is InChI=1S/C16H24N2O4S/c1-5-10-17-16(19)12-22-15-9-8-14(11-13(15)4)23(20,21)18(6-2)7-3/h5,8-9,11H,1,6-7,10,12H2,2-4H3,(H,17,19). The maximum absolute atomic E-state index is 12.5. The third-order valence-corrected chi connectivity index (χ3v) is 5.34. The Bertz CT molecular complexity index is 652. The molecule has 0 fully saturated rings. The zero-order valence-electron chi connectivity index (χ0n) is 13.8. The molecule has 1 amide bonds. The van der Waals surface area contributed by atoms with Crippen LogP contribution in [0.5, 0.6) is 5.75 Å². The molecule has 1 aromatic carbocycles. The molecule has 23 heavy (non-hydrogen) atoms. The van der Waals surface area contributed by atoms with Crippen LogP contribution in [0.4, 0.5) is 0 Å². The van der Waals surface area contributed by atoms with E-state index in [9.17, 15) is 13.2 Å². The molecular weight excluding hydrogens is 316 g/mol. The molecule has 0 aliphatic carbocycles. The highest BCUT2D eigenvalue weighted by Crippen LogP contribution is 2.24. The maximum Gasteiger partial charge on any atom is 0.258 e. The Morgan fingerprint density at radius 1 is 1.35 bits per heavy atom. The first-order valence-electron chi connectivity index (χ1n) is 7.48. The van der Waals surface area contributed by atoms with Crippen LogP contribution < -0.4 is 10.1 Å². The van der Waals surface area contributed by atoms with Crippen molar-refractivity contribution in [3.05, 3.63) is 36.4 Å². The number of sulfonamides is 1. The molecule has 0 atom stereocenters. The lowest BCUT2D eigenvalue weighted by Gasteiger charge is -2.19. The molecule has 0 heterocycles. The Morgan fingerprint density at radius 3 is 2.52 bits per heavy atom. The minimum Gasteiger partial charge on any atom is -0.484 e. The summed E-state index contributed by atoms with van der Waals surface area (Å²) in [5.41, 5.74) is 0.662. The van der Waals surface area contributed by atoms with Gasteiger partial charge >= 0.3 is 0 Å². The van der Waals surface area contributed by atoms with Crippen molar-refractivity contribution in [1.29, 1.82) is 0 Å². The molecule has 1 aromatic rings. The summed E-state index contributed by atoms with van der Waals surface area (Å²) >= 11 is 0. The summed E-state index contributed by atoms with van der Waals surface area (Å²) < 4.78 is 31.7. The second kappa shape index (κ2) is 8.69. The second-order valence-corrected chi connectivity index (χ2v) is 6.84. The fraction of sp³-hybridized carbons (Fsp3) is 0.438. The molecule has 0 saturated carbocycles. The molecule has 0 bridgehead atoms. The Balaban J connectivity index is 2.86. The number of nitrogens with one attached hydrogen (secondary N) is 1. The molecule has 128 valence electrons. The molecule has 0 unspecified atom stereocenters. The largest absolute Gasteiger partial charge is 0.484 e. The molecule has 0 aromatic heterocycles. The first kappa shape index (κ1) is 19.2.